The SMILES string of the molecule is CC(=O)N[C@H]1C[C@H](OC(C)=O)[C@@H](COC(C)=O)O[C@H]1O. The van der Waals surface area contributed by atoms with E-state index in [9.17, 15) is 19.5 Å². The third-order valence-electron chi connectivity index (χ3n) is 2.72. The number of hydrogen-bond acceptors (Lipinski definition) is 7. The molecule has 0 aliphatic carbocycles. The molecule has 1 saturated heterocycles. The van der Waals surface area contributed by atoms with Crippen molar-refractivity contribution in [2.45, 2.75) is 51.7 Å². The van der Waals surface area contributed by atoms with Crippen LogP contribution in [0.1, 0.15) is 27.2 Å². The van der Waals surface area contributed by atoms with Crippen molar-refractivity contribution < 1.29 is 33.7 Å². The van der Waals surface area contributed by atoms with E-state index in [0.29, 0.717) is 0 Å². The monoisotopic (exact) mass is 289 g/mol. The Morgan fingerprint density at radius 1 is 1.25 bits per heavy atom. The average Bonchev–Trinajstić information content (AvgIpc) is 2.29. The largest absolute Gasteiger partial charge is 0.463 e. The second-order valence-electron chi connectivity index (χ2n) is 4.56. The number of esters is 2. The third-order valence-corrected chi connectivity index (χ3v) is 2.72. The molecule has 0 aromatic rings. The van der Waals surface area contributed by atoms with E-state index in [2.05, 4.69) is 5.32 Å². The first-order chi connectivity index (χ1) is 9.29. The molecule has 8 nitrogen and oxygen atoms in total. The van der Waals surface area contributed by atoms with E-state index < -0.39 is 36.5 Å². The van der Waals surface area contributed by atoms with Crippen molar-refractivity contribution in [3.8, 4) is 0 Å². The number of rotatable bonds is 4. The van der Waals surface area contributed by atoms with Gasteiger partial charge in [-0.2, -0.15) is 0 Å². The number of aliphatic hydroxyl groups excluding tert-OH is 1. The van der Waals surface area contributed by atoms with Gasteiger partial charge in [-0.15, -0.1) is 0 Å². The Hall–Kier alpha value is -1.67. The number of carbonyl (C=O) groups is 3. The number of amides is 1. The zero-order valence-electron chi connectivity index (χ0n) is 11.6. The maximum atomic E-state index is 11.1. The molecule has 0 saturated carbocycles. The van der Waals surface area contributed by atoms with Gasteiger partial charge in [0.25, 0.3) is 0 Å². The summed E-state index contributed by atoms with van der Waals surface area (Å²) in [5.41, 5.74) is 0. The summed E-state index contributed by atoms with van der Waals surface area (Å²) in [6.45, 7) is 3.64. The molecule has 4 atom stereocenters. The molecule has 1 fully saturated rings. The van der Waals surface area contributed by atoms with Crippen LogP contribution in [0.2, 0.25) is 0 Å². The van der Waals surface area contributed by atoms with Gasteiger partial charge >= 0.3 is 11.9 Å². The molecule has 1 heterocycles. The average molecular weight is 289 g/mol. The Labute approximate surface area is 116 Å². The first-order valence-corrected chi connectivity index (χ1v) is 6.20. The predicted octanol–water partition coefficient (Wildman–Crippen LogP) is -0.907. The van der Waals surface area contributed by atoms with Gasteiger partial charge in [-0.05, 0) is 0 Å². The molecule has 1 aliphatic rings. The Morgan fingerprint density at radius 2 is 1.90 bits per heavy atom. The van der Waals surface area contributed by atoms with Crippen LogP contribution in [0.3, 0.4) is 0 Å². The summed E-state index contributed by atoms with van der Waals surface area (Å²) in [6.07, 6.45) is -2.58. The molecule has 20 heavy (non-hydrogen) atoms. The lowest BCUT2D eigenvalue weighted by Crippen LogP contribution is -2.56. The van der Waals surface area contributed by atoms with Gasteiger partial charge in [0.2, 0.25) is 5.91 Å². The van der Waals surface area contributed by atoms with E-state index in [-0.39, 0.29) is 18.9 Å². The van der Waals surface area contributed by atoms with Crippen molar-refractivity contribution in [3.05, 3.63) is 0 Å². The molecule has 1 aliphatic heterocycles. The maximum Gasteiger partial charge on any atom is 0.302 e. The van der Waals surface area contributed by atoms with Crippen LogP contribution in [0.4, 0.5) is 0 Å². The number of ether oxygens (including phenoxy) is 3. The number of carbonyl (C=O) groups excluding carboxylic acids is 3. The van der Waals surface area contributed by atoms with Crippen LogP contribution in [0.15, 0.2) is 0 Å². The third kappa shape index (κ3) is 5.14. The minimum absolute atomic E-state index is 0.142. The molecular weight excluding hydrogens is 270 g/mol. The molecule has 0 bridgehead atoms. The Balaban J connectivity index is 2.70. The number of hydrogen-bond donors (Lipinski definition) is 2. The molecule has 8 heteroatoms. The highest BCUT2D eigenvalue weighted by molar-refractivity contribution is 5.73. The standard InChI is InChI=1S/C12H19NO7/c1-6(14)13-9-4-10(19-8(3)16)11(20-12(9)17)5-18-7(2)15/h9-12,17H,4-5H2,1-3H3,(H,13,14)/t9-,10-,11+,12+/m0/s1. The Kier molecular flexibility index (Phi) is 5.90. The summed E-state index contributed by atoms with van der Waals surface area (Å²) in [5.74, 6) is -1.37. The smallest absolute Gasteiger partial charge is 0.302 e. The quantitative estimate of drug-likeness (QED) is 0.645. The number of nitrogens with one attached hydrogen (secondary N) is 1. The summed E-state index contributed by atoms with van der Waals surface area (Å²) in [6, 6.07) is -0.689. The van der Waals surface area contributed by atoms with Gasteiger partial charge in [-0.25, -0.2) is 0 Å². The van der Waals surface area contributed by atoms with Crippen LogP contribution in [-0.2, 0) is 28.6 Å². The van der Waals surface area contributed by atoms with Crippen molar-refractivity contribution >= 4 is 17.8 Å². The van der Waals surface area contributed by atoms with Crippen LogP contribution >= 0.6 is 0 Å². The Bertz CT molecular complexity index is 384. The van der Waals surface area contributed by atoms with E-state index in [1.54, 1.807) is 0 Å². The molecule has 0 spiro atoms. The summed E-state index contributed by atoms with van der Waals surface area (Å²) in [7, 11) is 0. The molecule has 0 aromatic heterocycles. The summed E-state index contributed by atoms with van der Waals surface area (Å²) in [4.78, 5) is 32.9. The lowest BCUT2D eigenvalue weighted by atomic mass is 10.0. The molecular formula is C12H19NO7. The van der Waals surface area contributed by atoms with Gasteiger partial charge in [0.1, 0.15) is 18.8 Å². The van der Waals surface area contributed by atoms with Gasteiger partial charge in [0.05, 0.1) is 6.04 Å². The van der Waals surface area contributed by atoms with Crippen LogP contribution < -0.4 is 5.32 Å². The van der Waals surface area contributed by atoms with Crippen molar-refractivity contribution in [3.63, 3.8) is 0 Å². The van der Waals surface area contributed by atoms with E-state index in [1.807, 2.05) is 0 Å². The van der Waals surface area contributed by atoms with Crippen LogP contribution in [0.25, 0.3) is 0 Å². The van der Waals surface area contributed by atoms with E-state index >= 15 is 0 Å². The minimum Gasteiger partial charge on any atom is -0.463 e. The lowest BCUT2D eigenvalue weighted by molar-refractivity contribution is -0.231. The number of aliphatic hydroxyl groups is 1. The van der Waals surface area contributed by atoms with Crippen LogP contribution in [0.5, 0.6) is 0 Å². The summed E-state index contributed by atoms with van der Waals surface area (Å²) in [5, 5.41) is 12.3. The normalized spacial score (nSPS) is 29.4. The van der Waals surface area contributed by atoms with Gasteiger partial charge in [-0.3, -0.25) is 14.4 Å². The fourth-order valence-electron chi connectivity index (χ4n) is 1.95. The maximum absolute atomic E-state index is 11.1. The van der Waals surface area contributed by atoms with E-state index in [4.69, 9.17) is 14.2 Å². The molecule has 114 valence electrons. The van der Waals surface area contributed by atoms with Crippen molar-refractivity contribution in [1.82, 2.24) is 5.32 Å². The topological polar surface area (TPSA) is 111 Å². The van der Waals surface area contributed by atoms with Crippen molar-refractivity contribution in [2.75, 3.05) is 6.61 Å². The van der Waals surface area contributed by atoms with Crippen molar-refractivity contribution in [2.24, 2.45) is 0 Å². The second-order valence-corrected chi connectivity index (χ2v) is 4.56. The van der Waals surface area contributed by atoms with Gasteiger partial charge < -0.3 is 24.6 Å². The Morgan fingerprint density at radius 3 is 2.40 bits per heavy atom. The first kappa shape index (κ1) is 16.4. The molecule has 1 rings (SSSR count). The van der Waals surface area contributed by atoms with Crippen molar-refractivity contribution in [1.29, 1.82) is 0 Å². The lowest BCUT2D eigenvalue weighted by Gasteiger charge is -2.38. The molecule has 0 aromatic carbocycles. The molecule has 2 N–H and O–H groups in total. The molecule has 1 amide bonds. The van der Waals surface area contributed by atoms with E-state index in [0.717, 1.165) is 0 Å². The van der Waals surface area contributed by atoms with Gasteiger partial charge in [0.15, 0.2) is 6.29 Å². The summed E-state index contributed by atoms with van der Waals surface area (Å²) >= 11 is 0. The van der Waals surface area contributed by atoms with Crippen LogP contribution in [-0.4, -0.2) is 54.1 Å². The molecule has 0 unspecified atom stereocenters. The highest BCUT2D eigenvalue weighted by atomic mass is 16.6. The molecule has 0 radical (unpaired) electrons. The predicted molar refractivity (Wildman–Crippen MR) is 65.3 cm³/mol. The highest BCUT2D eigenvalue weighted by Crippen LogP contribution is 2.22. The second kappa shape index (κ2) is 7.20. The van der Waals surface area contributed by atoms with Gasteiger partial charge in [0, 0.05) is 27.2 Å². The van der Waals surface area contributed by atoms with Gasteiger partial charge in [-0.1, -0.05) is 0 Å². The van der Waals surface area contributed by atoms with Crippen LogP contribution in [0, 0.1) is 0 Å². The minimum atomic E-state index is -1.26. The zero-order chi connectivity index (χ0) is 15.3. The fraction of sp³-hybridized carbons (Fsp3) is 0.750. The zero-order valence-corrected chi connectivity index (χ0v) is 11.6. The highest BCUT2D eigenvalue weighted by Gasteiger charge is 2.40. The van der Waals surface area contributed by atoms with E-state index in [1.165, 1.54) is 20.8 Å². The first-order valence-electron chi connectivity index (χ1n) is 6.20. The summed E-state index contributed by atoms with van der Waals surface area (Å²) < 4.78 is 15.1. The fourth-order valence-corrected chi connectivity index (χ4v) is 1.95.